The van der Waals surface area contributed by atoms with Crippen LogP contribution in [0.3, 0.4) is 0 Å². The second-order valence-electron chi connectivity index (χ2n) is 5.53. The highest BCUT2D eigenvalue weighted by Crippen LogP contribution is 2.22. The van der Waals surface area contributed by atoms with E-state index in [1.165, 1.54) is 6.07 Å². The van der Waals surface area contributed by atoms with Crippen LogP contribution in [0.5, 0.6) is 5.75 Å². The van der Waals surface area contributed by atoms with Gasteiger partial charge in [-0.15, -0.1) is 0 Å². The zero-order valence-electron chi connectivity index (χ0n) is 12.9. The third-order valence-electron chi connectivity index (χ3n) is 3.85. The molecule has 0 aliphatic heterocycles. The van der Waals surface area contributed by atoms with Crippen LogP contribution in [-0.4, -0.2) is 5.97 Å². The van der Waals surface area contributed by atoms with Gasteiger partial charge in [0.15, 0.2) is 0 Å². The van der Waals surface area contributed by atoms with Crippen LogP contribution in [0.4, 0.5) is 0 Å². The van der Waals surface area contributed by atoms with E-state index in [2.05, 4.69) is 15.9 Å². The molecule has 0 radical (unpaired) electrons. The summed E-state index contributed by atoms with van der Waals surface area (Å²) >= 11 is 3.35. The van der Waals surface area contributed by atoms with Crippen LogP contribution in [0.1, 0.15) is 10.4 Å². The van der Waals surface area contributed by atoms with E-state index in [1.54, 1.807) is 30.3 Å². The Morgan fingerprint density at radius 1 is 0.880 bits per heavy atom. The molecule has 4 rings (SSSR count). The fourth-order valence-corrected chi connectivity index (χ4v) is 3.01. The van der Waals surface area contributed by atoms with E-state index in [1.807, 2.05) is 30.3 Å². The number of benzene rings is 3. The summed E-state index contributed by atoms with van der Waals surface area (Å²) in [5.41, 5.74) is -0.449. The van der Waals surface area contributed by atoms with E-state index in [4.69, 9.17) is 9.15 Å². The van der Waals surface area contributed by atoms with Crippen molar-refractivity contribution in [2.24, 2.45) is 0 Å². The first-order chi connectivity index (χ1) is 12.1. The first-order valence-electron chi connectivity index (χ1n) is 7.54. The largest absolute Gasteiger partial charge is 0.423 e. The summed E-state index contributed by atoms with van der Waals surface area (Å²) in [5.74, 6) is -0.372. The average Bonchev–Trinajstić information content (AvgIpc) is 2.61. The summed E-state index contributed by atoms with van der Waals surface area (Å²) in [6.07, 6.45) is 0. The van der Waals surface area contributed by atoms with Crippen molar-refractivity contribution in [2.75, 3.05) is 0 Å². The molecule has 5 heteroatoms. The SMILES string of the molecule is O=C(Oc1ccc2ccccc2c1)c1cc2cc(Br)ccc2oc1=O. The molecule has 1 heterocycles. The van der Waals surface area contributed by atoms with Crippen LogP contribution < -0.4 is 10.4 Å². The van der Waals surface area contributed by atoms with E-state index in [9.17, 15) is 9.59 Å². The maximum atomic E-state index is 12.4. The van der Waals surface area contributed by atoms with Gasteiger partial charge in [0.05, 0.1) is 0 Å². The van der Waals surface area contributed by atoms with E-state index < -0.39 is 11.6 Å². The molecule has 0 bridgehead atoms. The summed E-state index contributed by atoms with van der Waals surface area (Å²) in [4.78, 5) is 24.5. The Bertz CT molecular complexity index is 1180. The second kappa shape index (κ2) is 6.18. The lowest BCUT2D eigenvalue weighted by molar-refractivity contribution is 0.0731. The minimum Gasteiger partial charge on any atom is -0.423 e. The van der Waals surface area contributed by atoms with Crippen LogP contribution >= 0.6 is 15.9 Å². The van der Waals surface area contributed by atoms with Gasteiger partial charge in [0.25, 0.3) is 0 Å². The molecule has 25 heavy (non-hydrogen) atoms. The highest BCUT2D eigenvalue weighted by molar-refractivity contribution is 9.10. The van der Waals surface area contributed by atoms with Crippen LogP contribution in [0.2, 0.25) is 0 Å². The van der Waals surface area contributed by atoms with Gasteiger partial charge >= 0.3 is 11.6 Å². The Morgan fingerprint density at radius 3 is 2.52 bits per heavy atom. The molecule has 1 aromatic heterocycles. The average molecular weight is 395 g/mol. The molecule has 0 unspecified atom stereocenters. The predicted octanol–water partition coefficient (Wildman–Crippen LogP) is 4.93. The normalized spacial score (nSPS) is 10.9. The Labute approximate surface area is 150 Å². The van der Waals surface area contributed by atoms with Crippen LogP contribution in [0.25, 0.3) is 21.7 Å². The molecular weight excluding hydrogens is 384 g/mol. The van der Waals surface area contributed by atoms with E-state index in [0.717, 1.165) is 15.2 Å². The van der Waals surface area contributed by atoms with Gasteiger partial charge in [-0.2, -0.15) is 0 Å². The van der Waals surface area contributed by atoms with Crippen molar-refractivity contribution < 1.29 is 13.9 Å². The lowest BCUT2D eigenvalue weighted by Gasteiger charge is -2.06. The van der Waals surface area contributed by atoms with Gasteiger partial charge in [-0.25, -0.2) is 9.59 Å². The van der Waals surface area contributed by atoms with E-state index in [-0.39, 0.29) is 5.56 Å². The molecule has 0 aliphatic rings. The third-order valence-corrected chi connectivity index (χ3v) is 4.34. The van der Waals surface area contributed by atoms with Gasteiger partial charge in [-0.3, -0.25) is 0 Å². The zero-order chi connectivity index (χ0) is 17.4. The quantitative estimate of drug-likeness (QED) is 0.275. The molecule has 4 nitrogen and oxygen atoms in total. The second-order valence-corrected chi connectivity index (χ2v) is 6.44. The number of carbonyl (C=O) groups is 1. The molecule has 3 aromatic carbocycles. The van der Waals surface area contributed by atoms with Crippen molar-refractivity contribution in [3.63, 3.8) is 0 Å². The highest BCUT2D eigenvalue weighted by Gasteiger charge is 2.16. The number of halogens is 1. The highest BCUT2D eigenvalue weighted by atomic mass is 79.9. The summed E-state index contributed by atoms with van der Waals surface area (Å²) < 4.78 is 11.4. The van der Waals surface area contributed by atoms with Gasteiger partial charge in [-0.1, -0.05) is 46.3 Å². The van der Waals surface area contributed by atoms with Crippen LogP contribution in [0.15, 0.2) is 80.4 Å². The smallest absolute Gasteiger partial charge is 0.351 e. The minimum atomic E-state index is -0.745. The van der Waals surface area contributed by atoms with E-state index >= 15 is 0 Å². The topological polar surface area (TPSA) is 56.5 Å². The molecule has 0 fully saturated rings. The van der Waals surface area contributed by atoms with E-state index in [0.29, 0.717) is 16.7 Å². The lowest BCUT2D eigenvalue weighted by Crippen LogP contribution is -2.18. The van der Waals surface area contributed by atoms with Crippen molar-refractivity contribution in [1.82, 2.24) is 0 Å². The number of esters is 1. The third kappa shape index (κ3) is 3.06. The molecule has 4 aromatic rings. The molecule has 0 spiro atoms. The first kappa shape index (κ1) is 15.6. The van der Waals surface area contributed by atoms with Gasteiger partial charge in [0.1, 0.15) is 16.9 Å². The standard InChI is InChI=1S/C20H11BrO4/c21-15-6-8-18-14(9-15)11-17(20(23)25-18)19(22)24-16-7-5-12-3-1-2-4-13(12)10-16/h1-11H. The predicted molar refractivity (Wildman–Crippen MR) is 99.1 cm³/mol. The number of ether oxygens (including phenoxy) is 1. The molecule has 0 atom stereocenters. The van der Waals surface area contributed by atoms with Gasteiger partial charge in [0, 0.05) is 9.86 Å². The van der Waals surface area contributed by atoms with Gasteiger partial charge < -0.3 is 9.15 Å². The number of fused-ring (bicyclic) bond motifs is 2. The Hall–Kier alpha value is -2.92. The van der Waals surface area contributed by atoms with Crippen molar-refractivity contribution >= 4 is 43.6 Å². The van der Waals surface area contributed by atoms with Gasteiger partial charge in [-0.05, 0) is 47.2 Å². The fraction of sp³-hybridized carbons (Fsp3) is 0. The van der Waals surface area contributed by atoms with Crippen LogP contribution in [-0.2, 0) is 0 Å². The van der Waals surface area contributed by atoms with Crippen LogP contribution in [0, 0.1) is 0 Å². The Balaban J connectivity index is 1.71. The summed E-state index contributed by atoms with van der Waals surface area (Å²) in [6, 6.07) is 19.7. The zero-order valence-corrected chi connectivity index (χ0v) is 14.4. The first-order valence-corrected chi connectivity index (χ1v) is 8.34. The number of rotatable bonds is 2. The van der Waals surface area contributed by atoms with Crippen molar-refractivity contribution in [2.45, 2.75) is 0 Å². The fourth-order valence-electron chi connectivity index (χ4n) is 2.63. The van der Waals surface area contributed by atoms with Crippen molar-refractivity contribution in [1.29, 1.82) is 0 Å². The number of carbonyl (C=O) groups excluding carboxylic acids is 1. The molecule has 0 saturated heterocycles. The number of hydrogen-bond donors (Lipinski definition) is 0. The Kier molecular flexibility index (Phi) is 3.86. The Morgan fingerprint density at radius 2 is 1.68 bits per heavy atom. The minimum absolute atomic E-state index is 0.140. The monoisotopic (exact) mass is 394 g/mol. The van der Waals surface area contributed by atoms with Gasteiger partial charge in [0.2, 0.25) is 0 Å². The molecule has 122 valence electrons. The maximum Gasteiger partial charge on any atom is 0.351 e. The lowest BCUT2D eigenvalue weighted by atomic mass is 10.1. The summed E-state index contributed by atoms with van der Waals surface area (Å²) in [6.45, 7) is 0. The summed E-state index contributed by atoms with van der Waals surface area (Å²) in [5, 5.41) is 2.62. The summed E-state index contributed by atoms with van der Waals surface area (Å²) in [7, 11) is 0. The van der Waals surface area contributed by atoms with Crippen molar-refractivity contribution in [3.05, 3.63) is 87.2 Å². The molecular formula is C20H11BrO4. The maximum absolute atomic E-state index is 12.4. The molecule has 0 aliphatic carbocycles. The molecule has 0 saturated carbocycles. The molecule has 0 amide bonds. The van der Waals surface area contributed by atoms with Crippen molar-refractivity contribution in [3.8, 4) is 5.75 Å². The number of hydrogen-bond acceptors (Lipinski definition) is 4. The molecule has 0 N–H and O–H groups in total.